The molecule has 3 rings (SSSR count). The van der Waals surface area contributed by atoms with Gasteiger partial charge in [0.25, 0.3) is 10.0 Å². The Morgan fingerprint density at radius 3 is 2.85 bits per heavy atom. The molecule has 7 heteroatoms. The van der Waals surface area contributed by atoms with Gasteiger partial charge in [-0.05, 0) is 37.6 Å². The van der Waals surface area contributed by atoms with Crippen molar-refractivity contribution in [3.8, 4) is 5.75 Å². The van der Waals surface area contributed by atoms with E-state index < -0.39 is 10.0 Å². The summed E-state index contributed by atoms with van der Waals surface area (Å²) < 4.78 is 37.3. The van der Waals surface area contributed by atoms with Crippen LogP contribution in [0.4, 0.5) is 5.82 Å². The average Bonchev–Trinajstić information content (AvgIpc) is 2.92. The van der Waals surface area contributed by atoms with E-state index in [-0.39, 0.29) is 16.8 Å². The Bertz CT molecular complexity index is 751. The van der Waals surface area contributed by atoms with Gasteiger partial charge in [-0.15, -0.1) is 0 Å². The van der Waals surface area contributed by atoms with Crippen LogP contribution in [0.1, 0.15) is 18.2 Å². The molecule has 0 saturated carbocycles. The molecule has 1 aliphatic heterocycles. The molecule has 2 heterocycles. The molecule has 0 radical (unpaired) electrons. The van der Waals surface area contributed by atoms with E-state index in [1.807, 2.05) is 6.92 Å². The van der Waals surface area contributed by atoms with E-state index in [0.717, 1.165) is 11.3 Å². The van der Waals surface area contributed by atoms with Gasteiger partial charge in [-0.3, -0.25) is 4.72 Å². The van der Waals surface area contributed by atoms with E-state index in [2.05, 4.69) is 9.88 Å². The highest BCUT2D eigenvalue weighted by molar-refractivity contribution is 7.92. The summed E-state index contributed by atoms with van der Waals surface area (Å²) >= 11 is 0. The van der Waals surface area contributed by atoms with Crippen molar-refractivity contribution in [2.24, 2.45) is 0 Å². The quantitative estimate of drug-likeness (QED) is 0.937. The van der Waals surface area contributed by atoms with Crippen molar-refractivity contribution >= 4 is 15.8 Å². The molecule has 1 aromatic carbocycles. The maximum atomic E-state index is 12.3. The Morgan fingerprint density at radius 1 is 1.35 bits per heavy atom. The molecule has 0 saturated heterocycles. The lowest BCUT2D eigenvalue weighted by Crippen LogP contribution is -2.13. The summed E-state index contributed by atoms with van der Waals surface area (Å²) in [4.78, 5) is 0.189. The minimum Gasteiger partial charge on any atom is -0.490 e. The van der Waals surface area contributed by atoms with Crippen LogP contribution in [0.2, 0.25) is 0 Å². The number of hydrogen-bond donors (Lipinski definition) is 1. The molecule has 1 aromatic heterocycles. The Balaban J connectivity index is 1.90. The van der Waals surface area contributed by atoms with Crippen molar-refractivity contribution in [1.29, 1.82) is 0 Å². The van der Waals surface area contributed by atoms with Crippen LogP contribution in [0.25, 0.3) is 0 Å². The molecule has 20 heavy (non-hydrogen) atoms. The summed E-state index contributed by atoms with van der Waals surface area (Å²) in [6, 6.07) is 6.36. The number of aryl methyl sites for hydroxylation is 1. The first-order valence-electron chi connectivity index (χ1n) is 6.20. The number of fused-ring (bicyclic) bond motifs is 1. The van der Waals surface area contributed by atoms with Gasteiger partial charge in [0.05, 0.1) is 4.90 Å². The molecular weight excluding hydrogens is 280 g/mol. The molecule has 6 nitrogen and oxygen atoms in total. The number of nitrogens with zero attached hydrogens (tertiary/aromatic N) is 1. The lowest BCUT2D eigenvalue weighted by atomic mass is 10.1. The van der Waals surface area contributed by atoms with Gasteiger partial charge in [0.15, 0.2) is 5.82 Å². The second kappa shape index (κ2) is 4.52. The summed E-state index contributed by atoms with van der Waals surface area (Å²) in [5.41, 5.74) is 0.900. The molecule has 1 N–H and O–H groups in total. The predicted octanol–water partition coefficient (Wildman–Crippen LogP) is 2.11. The minimum absolute atomic E-state index is 0.0779. The molecule has 0 unspecified atom stereocenters. The SMILES string of the molecule is Cc1cc(NS(=O)(=O)c2ccc3c(c2)C[C@@H](C)O3)no1. The number of anilines is 1. The lowest BCUT2D eigenvalue weighted by Gasteiger charge is -2.06. The zero-order chi connectivity index (χ0) is 14.3. The molecule has 0 aliphatic carbocycles. The van der Waals surface area contributed by atoms with Gasteiger partial charge in [0, 0.05) is 12.5 Å². The average molecular weight is 294 g/mol. The summed E-state index contributed by atoms with van der Waals surface area (Å²) in [6.07, 6.45) is 0.788. The molecule has 106 valence electrons. The van der Waals surface area contributed by atoms with Crippen molar-refractivity contribution < 1.29 is 17.7 Å². The molecule has 2 aromatic rings. The first-order chi connectivity index (χ1) is 9.44. The monoisotopic (exact) mass is 294 g/mol. The number of sulfonamides is 1. The maximum absolute atomic E-state index is 12.3. The van der Waals surface area contributed by atoms with E-state index in [0.29, 0.717) is 12.2 Å². The topological polar surface area (TPSA) is 81.4 Å². The molecule has 1 atom stereocenters. The number of nitrogens with one attached hydrogen (secondary N) is 1. The third-order valence-electron chi connectivity index (χ3n) is 3.04. The molecular formula is C13H14N2O4S. The van der Waals surface area contributed by atoms with Crippen LogP contribution in [-0.2, 0) is 16.4 Å². The van der Waals surface area contributed by atoms with Gasteiger partial charge < -0.3 is 9.26 Å². The van der Waals surface area contributed by atoms with Gasteiger partial charge in [0.1, 0.15) is 17.6 Å². The zero-order valence-corrected chi connectivity index (χ0v) is 11.9. The lowest BCUT2D eigenvalue weighted by molar-refractivity contribution is 0.254. The van der Waals surface area contributed by atoms with Crippen LogP contribution < -0.4 is 9.46 Å². The summed E-state index contributed by atoms with van der Waals surface area (Å²) in [5.74, 6) is 1.46. The van der Waals surface area contributed by atoms with E-state index in [4.69, 9.17) is 9.26 Å². The second-order valence-electron chi connectivity index (χ2n) is 4.83. The summed E-state index contributed by atoms with van der Waals surface area (Å²) in [5, 5.41) is 3.62. The van der Waals surface area contributed by atoms with Crippen LogP contribution in [0.3, 0.4) is 0 Å². The van der Waals surface area contributed by atoms with E-state index in [9.17, 15) is 8.42 Å². The number of benzene rings is 1. The third-order valence-corrected chi connectivity index (χ3v) is 4.40. The number of rotatable bonds is 3. The summed E-state index contributed by atoms with van der Waals surface area (Å²) in [6.45, 7) is 3.64. The van der Waals surface area contributed by atoms with Crippen molar-refractivity contribution in [3.63, 3.8) is 0 Å². The number of aromatic nitrogens is 1. The van der Waals surface area contributed by atoms with E-state index in [1.54, 1.807) is 19.1 Å². The van der Waals surface area contributed by atoms with Crippen molar-refractivity contribution in [3.05, 3.63) is 35.6 Å². The van der Waals surface area contributed by atoms with Crippen LogP contribution in [-0.4, -0.2) is 19.7 Å². The molecule has 0 amide bonds. The number of hydrogen-bond acceptors (Lipinski definition) is 5. The van der Waals surface area contributed by atoms with Crippen LogP contribution >= 0.6 is 0 Å². The molecule has 0 bridgehead atoms. The predicted molar refractivity (Wildman–Crippen MR) is 72.3 cm³/mol. The molecule has 0 spiro atoms. The van der Waals surface area contributed by atoms with Crippen LogP contribution in [0, 0.1) is 6.92 Å². The van der Waals surface area contributed by atoms with Gasteiger partial charge in [-0.25, -0.2) is 8.42 Å². The van der Waals surface area contributed by atoms with Crippen molar-refractivity contribution in [2.75, 3.05) is 4.72 Å². The highest BCUT2D eigenvalue weighted by Gasteiger charge is 2.23. The van der Waals surface area contributed by atoms with Gasteiger partial charge >= 0.3 is 0 Å². The Hall–Kier alpha value is -2.02. The third kappa shape index (κ3) is 2.36. The fourth-order valence-electron chi connectivity index (χ4n) is 2.18. The van der Waals surface area contributed by atoms with Gasteiger partial charge in [-0.1, -0.05) is 5.16 Å². The number of ether oxygens (including phenoxy) is 1. The Morgan fingerprint density at radius 2 is 2.15 bits per heavy atom. The van der Waals surface area contributed by atoms with Crippen LogP contribution in [0.15, 0.2) is 33.7 Å². The van der Waals surface area contributed by atoms with E-state index in [1.165, 1.54) is 12.1 Å². The smallest absolute Gasteiger partial charge is 0.263 e. The maximum Gasteiger partial charge on any atom is 0.263 e. The second-order valence-corrected chi connectivity index (χ2v) is 6.51. The normalized spacial score (nSPS) is 17.6. The standard InChI is InChI=1S/C13H14N2O4S/c1-8-5-10-7-11(3-4-12(10)18-8)20(16,17)15-13-6-9(2)19-14-13/h3-4,6-8H,5H2,1-2H3,(H,14,15)/t8-/m1/s1. The Labute approximate surface area is 116 Å². The first kappa shape index (κ1) is 13.0. The van der Waals surface area contributed by atoms with Crippen molar-refractivity contribution in [1.82, 2.24) is 5.16 Å². The van der Waals surface area contributed by atoms with E-state index >= 15 is 0 Å². The van der Waals surface area contributed by atoms with Crippen molar-refractivity contribution in [2.45, 2.75) is 31.3 Å². The minimum atomic E-state index is -3.67. The van der Waals surface area contributed by atoms with Gasteiger partial charge in [0.2, 0.25) is 0 Å². The fraction of sp³-hybridized carbons (Fsp3) is 0.308. The molecule has 1 aliphatic rings. The Kier molecular flexibility index (Phi) is 2.93. The highest BCUT2D eigenvalue weighted by atomic mass is 32.2. The fourth-order valence-corrected chi connectivity index (χ4v) is 3.21. The van der Waals surface area contributed by atoms with Crippen LogP contribution in [0.5, 0.6) is 5.75 Å². The van der Waals surface area contributed by atoms with Gasteiger partial charge in [-0.2, -0.15) is 0 Å². The molecule has 0 fully saturated rings. The summed E-state index contributed by atoms with van der Waals surface area (Å²) in [7, 11) is -3.67. The highest BCUT2D eigenvalue weighted by Crippen LogP contribution is 2.31. The zero-order valence-electron chi connectivity index (χ0n) is 11.1. The largest absolute Gasteiger partial charge is 0.490 e. The first-order valence-corrected chi connectivity index (χ1v) is 7.68.